The summed E-state index contributed by atoms with van der Waals surface area (Å²) in [6.45, 7) is 0. The van der Waals surface area contributed by atoms with Crippen LogP contribution in [-0.2, 0) is 0 Å². The first-order chi connectivity index (χ1) is 9.06. The van der Waals surface area contributed by atoms with Gasteiger partial charge in [0.05, 0.1) is 20.8 Å². The second-order valence-electron chi connectivity index (χ2n) is 3.71. The number of benzene rings is 2. The highest BCUT2D eigenvalue weighted by Gasteiger charge is 2.04. The molecule has 2 aromatic rings. The van der Waals surface area contributed by atoms with E-state index in [9.17, 15) is 5.11 Å². The molecule has 0 spiro atoms. The first kappa shape index (κ1) is 17.3. The number of rotatable bonds is 3. The second-order valence-corrected chi connectivity index (χ2v) is 5.86. The number of nitrogens with zero attached hydrogens (tertiary/aromatic N) is 1. The van der Waals surface area contributed by atoms with Crippen LogP contribution in [-0.4, -0.2) is 11.3 Å². The number of phenolic OH excluding ortho intramolecular Hbond substituents is 1. The summed E-state index contributed by atoms with van der Waals surface area (Å²) in [7, 11) is 0. The fourth-order valence-electron chi connectivity index (χ4n) is 1.37. The van der Waals surface area contributed by atoms with E-state index in [-0.39, 0.29) is 18.2 Å². The van der Waals surface area contributed by atoms with Crippen molar-refractivity contribution >= 4 is 67.8 Å². The first-order valence-electron chi connectivity index (χ1n) is 5.29. The van der Waals surface area contributed by atoms with E-state index in [1.807, 2.05) is 12.1 Å². The van der Waals surface area contributed by atoms with Crippen LogP contribution in [0.1, 0.15) is 5.56 Å². The Morgan fingerprint density at radius 1 is 1.10 bits per heavy atom. The van der Waals surface area contributed by atoms with E-state index in [4.69, 9.17) is 11.6 Å². The van der Waals surface area contributed by atoms with E-state index in [1.165, 1.54) is 0 Å². The molecule has 2 N–H and O–H groups in total. The molecule has 0 aliphatic heterocycles. The summed E-state index contributed by atoms with van der Waals surface area (Å²) in [5, 5.41) is 14.4. The number of anilines is 1. The van der Waals surface area contributed by atoms with Gasteiger partial charge >= 0.3 is 0 Å². The Morgan fingerprint density at radius 2 is 1.65 bits per heavy atom. The average molecular weight is 441 g/mol. The van der Waals surface area contributed by atoms with E-state index in [2.05, 4.69) is 42.4 Å². The largest absolute Gasteiger partial charge is 0.506 e. The lowest BCUT2D eigenvalue weighted by Gasteiger charge is -2.03. The van der Waals surface area contributed by atoms with Gasteiger partial charge in [0.1, 0.15) is 5.75 Å². The van der Waals surface area contributed by atoms with Crippen LogP contribution in [0.2, 0.25) is 5.02 Å². The molecule has 0 fully saturated rings. The van der Waals surface area contributed by atoms with Crippen LogP contribution in [0.4, 0.5) is 5.69 Å². The summed E-state index contributed by atoms with van der Waals surface area (Å²) >= 11 is 12.3. The maximum Gasteiger partial charge on any atom is 0.143 e. The molecule has 0 heterocycles. The van der Waals surface area contributed by atoms with Crippen molar-refractivity contribution in [1.29, 1.82) is 0 Å². The topological polar surface area (TPSA) is 44.6 Å². The molecule has 106 valence electrons. The summed E-state index contributed by atoms with van der Waals surface area (Å²) in [5.74, 6) is 0.169. The van der Waals surface area contributed by atoms with Crippen LogP contribution < -0.4 is 5.43 Å². The van der Waals surface area contributed by atoms with Crippen LogP contribution in [0.15, 0.2) is 50.4 Å². The molecule has 2 aromatic carbocycles. The quantitative estimate of drug-likeness (QED) is 0.493. The van der Waals surface area contributed by atoms with Crippen molar-refractivity contribution in [2.75, 3.05) is 5.43 Å². The zero-order valence-corrected chi connectivity index (χ0v) is 14.7. The van der Waals surface area contributed by atoms with E-state index >= 15 is 0 Å². The maximum atomic E-state index is 9.59. The molecular weight excluding hydrogens is 431 g/mol. The van der Waals surface area contributed by atoms with E-state index < -0.39 is 0 Å². The molecule has 2 rings (SSSR count). The summed E-state index contributed by atoms with van der Waals surface area (Å²) in [6, 6.07) is 10.8. The van der Waals surface area contributed by atoms with Crippen molar-refractivity contribution in [1.82, 2.24) is 0 Å². The maximum absolute atomic E-state index is 9.59. The van der Waals surface area contributed by atoms with E-state index in [0.29, 0.717) is 14.0 Å². The molecule has 0 aliphatic rings. The van der Waals surface area contributed by atoms with Gasteiger partial charge in [-0.05, 0) is 73.8 Å². The van der Waals surface area contributed by atoms with Crippen molar-refractivity contribution < 1.29 is 5.11 Å². The Hall–Kier alpha value is -0.750. The number of hydrazone groups is 1. The van der Waals surface area contributed by atoms with E-state index in [0.717, 1.165) is 11.3 Å². The second kappa shape index (κ2) is 7.88. The Bertz CT molecular complexity index is 595. The van der Waals surface area contributed by atoms with Crippen LogP contribution in [0.3, 0.4) is 0 Å². The summed E-state index contributed by atoms with van der Waals surface area (Å²) < 4.78 is 1.21. The molecule has 7 heteroatoms. The molecule has 20 heavy (non-hydrogen) atoms. The highest BCUT2D eigenvalue weighted by Crippen LogP contribution is 2.32. The zero-order valence-electron chi connectivity index (χ0n) is 9.98. The first-order valence-corrected chi connectivity index (χ1v) is 7.25. The monoisotopic (exact) mass is 438 g/mol. The highest BCUT2D eigenvalue weighted by molar-refractivity contribution is 9.11. The molecule has 3 nitrogen and oxygen atoms in total. The van der Waals surface area contributed by atoms with Crippen molar-refractivity contribution in [3.63, 3.8) is 0 Å². The minimum atomic E-state index is 0. The number of halogens is 4. The molecular formula is C13H10Br2Cl2N2O. The smallest absolute Gasteiger partial charge is 0.143 e. The van der Waals surface area contributed by atoms with Crippen LogP contribution in [0, 0.1) is 0 Å². The average Bonchev–Trinajstić information content (AvgIpc) is 2.38. The Kier molecular flexibility index (Phi) is 6.82. The summed E-state index contributed by atoms with van der Waals surface area (Å²) in [4.78, 5) is 0. The van der Waals surface area contributed by atoms with Gasteiger partial charge in [-0.3, -0.25) is 5.43 Å². The molecule has 0 aromatic heterocycles. The lowest BCUT2D eigenvalue weighted by molar-refractivity contribution is 0.468. The van der Waals surface area contributed by atoms with Crippen molar-refractivity contribution in [2.24, 2.45) is 5.10 Å². The minimum absolute atomic E-state index is 0. The van der Waals surface area contributed by atoms with Gasteiger partial charge in [-0.1, -0.05) is 11.6 Å². The predicted molar refractivity (Wildman–Crippen MR) is 93.4 cm³/mol. The lowest BCUT2D eigenvalue weighted by Crippen LogP contribution is -1.90. The number of hydrogen-bond acceptors (Lipinski definition) is 3. The van der Waals surface area contributed by atoms with Gasteiger partial charge < -0.3 is 5.11 Å². The Labute approximate surface area is 144 Å². The van der Waals surface area contributed by atoms with Gasteiger partial charge in [-0.25, -0.2) is 0 Å². The fourth-order valence-corrected chi connectivity index (χ4v) is 2.71. The van der Waals surface area contributed by atoms with Gasteiger partial charge in [0.15, 0.2) is 0 Å². The molecule has 0 bridgehead atoms. The van der Waals surface area contributed by atoms with Crippen LogP contribution in [0.25, 0.3) is 0 Å². The van der Waals surface area contributed by atoms with Gasteiger partial charge in [0.2, 0.25) is 0 Å². The number of phenols is 1. The van der Waals surface area contributed by atoms with Crippen LogP contribution >= 0.6 is 55.9 Å². The molecule has 0 aliphatic carbocycles. The van der Waals surface area contributed by atoms with Crippen molar-refractivity contribution in [3.05, 3.63) is 55.9 Å². The molecule has 0 amide bonds. The summed E-state index contributed by atoms with van der Waals surface area (Å²) in [6.07, 6.45) is 1.66. The minimum Gasteiger partial charge on any atom is -0.506 e. The van der Waals surface area contributed by atoms with Gasteiger partial charge in [-0.2, -0.15) is 5.10 Å². The fraction of sp³-hybridized carbons (Fsp3) is 0. The highest BCUT2D eigenvalue weighted by atomic mass is 79.9. The van der Waals surface area contributed by atoms with Crippen LogP contribution in [0.5, 0.6) is 5.75 Å². The van der Waals surface area contributed by atoms with Gasteiger partial charge in [0.25, 0.3) is 0 Å². The zero-order chi connectivity index (χ0) is 13.8. The van der Waals surface area contributed by atoms with Crippen molar-refractivity contribution in [3.8, 4) is 5.75 Å². The SMILES string of the molecule is Cl.Oc1c(Br)cc(C=NNc2ccc(Cl)cc2)cc1Br. The molecule has 0 atom stereocenters. The molecule has 0 unspecified atom stereocenters. The third kappa shape index (κ3) is 4.66. The summed E-state index contributed by atoms with van der Waals surface area (Å²) in [5.41, 5.74) is 4.58. The van der Waals surface area contributed by atoms with Gasteiger partial charge in [0, 0.05) is 5.02 Å². The molecule has 0 radical (unpaired) electrons. The third-order valence-corrected chi connectivity index (χ3v) is 3.75. The lowest BCUT2D eigenvalue weighted by atomic mass is 10.2. The van der Waals surface area contributed by atoms with Gasteiger partial charge in [-0.15, -0.1) is 12.4 Å². The Morgan fingerprint density at radius 3 is 2.20 bits per heavy atom. The number of aromatic hydroxyl groups is 1. The standard InChI is InChI=1S/C13H9Br2ClN2O.ClH/c14-11-5-8(6-12(15)13(11)19)7-17-18-10-3-1-9(16)2-4-10;/h1-7,18-19H;1H. The predicted octanol–water partition coefficient (Wildman–Crippen LogP) is 5.44. The molecule has 0 saturated carbocycles. The van der Waals surface area contributed by atoms with Crippen molar-refractivity contribution in [2.45, 2.75) is 0 Å². The number of hydrogen-bond donors (Lipinski definition) is 2. The van der Waals surface area contributed by atoms with E-state index in [1.54, 1.807) is 30.5 Å². The third-order valence-electron chi connectivity index (χ3n) is 2.29. The number of nitrogens with one attached hydrogen (secondary N) is 1. The molecule has 0 saturated heterocycles. The normalized spacial score (nSPS) is 10.3. The Balaban J connectivity index is 0.00000200.